The van der Waals surface area contributed by atoms with Gasteiger partial charge < -0.3 is 10.1 Å². The molecule has 0 aliphatic carbocycles. The Hall–Kier alpha value is -1.07. The molecule has 0 aromatic carbocycles. The van der Waals surface area contributed by atoms with Crippen LogP contribution in [0.25, 0.3) is 5.03 Å². The molecule has 0 radical (unpaired) electrons. The third-order valence-corrected chi connectivity index (χ3v) is 2.03. The topological polar surface area (TPSA) is 60.2 Å². The molecule has 0 atom stereocenters. The lowest BCUT2D eigenvalue weighted by atomic mass is 10.3. The zero-order chi connectivity index (χ0) is 11.1. The Morgan fingerprint density at radius 1 is 1.60 bits per heavy atom. The zero-order valence-electron chi connectivity index (χ0n) is 8.79. The summed E-state index contributed by atoms with van der Waals surface area (Å²) >= 11 is 5.99. The molecule has 0 aliphatic heterocycles. The summed E-state index contributed by atoms with van der Waals surface area (Å²) < 4.78 is 9.51. The standard InChI is InChI=1S/C9H14ClN3O2/c1-3-4-7(10)8-9(13-15-12-8)11-5-6-14-2/h4H,3,5-6H2,1-2H3,(H,11,13)/b7-4-. The number of aromatic nitrogens is 2. The molecule has 1 N–H and O–H groups in total. The Morgan fingerprint density at radius 3 is 3.07 bits per heavy atom. The van der Waals surface area contributed by atoms with Crippen molar-refractivity contribution in [2.24, 2.45) is 0 Å². The summed E-state index contributed by atoms with van der Waals surface area (Å²) in [6, 6.07) is 0. The molecule has 0 saturated carbocycles. The van der Waals surface area contributed by atoms with Crippen molar-refractivity contribution in [3.8, 4) is 0 Å². The Bertz CT molecular complexity index is 325. The summed E-state index contributed by atoms with van der Waals surface area (Å²) in [5, 5.41) is 11.0. The molecule has 15 heavy (non-hydrogen) atoms. The molecule has 6 heteroatoms. The van der Waals surface area contributed by atoms with E-state index in [9.17, 15) is 0 Å². The predicted molar refractivity (Wildman–Crippen MR) is 58.8 cm³/mol. The number of rotatable bonds is 6. The summed E-state index contributed by atoms with van der Waals surface area (Å²) in [5.41, 5.74) is 0.537. The zero-order valence-corrected chi connectivity index (χ0v) is 9.54. The van der Waals surface area contributed by atoms with Crippen LogP contribution in [0, 0.1) is 0 Å². The van der Waals surface area contributed by atoms with E-state index in [4.69, 9.17) is 16.3 Å². The number of halogens is 1. The highest BCUT2D eigenvalue weighted by atomic mass is 35.5. The number of hydrogen-bond donors (Lipinski definition) is 1. The number of ether oxygens (including phenoxy) is 1. The van der Waals surface area contributed by atoms with Crippen LogP contribution in [-0.2, 0) is 4.74 Å². The molecular formula is C9H14ClN3O2. The van der Waals surface area contributed by atoms with E-state index in [1.165, 1.54) is 0 Å². The van der Waals surface area contributed by atoms with Gasteiger partial charge in [-0.3, -0.25) is 0 Å². The van der Waals surface area contributed by atoms with Gasteiger partial charge >= 0.3 is 0 Å². The molecule has 0 saturated heterocycles. The molecule has 0 amide bonds. The fraction of sp³-hybridized carbons (Fsp3) is 0.556. The van der Waals surface area contributed by atoms with Crippen LogP contribution in [0.15, 0.2) is 10.7 Å². The molecule has 0 aliphatic rings. The van der Waals surface area contributed by atoms with Crippen LogP contribution in [0.1, 0.15) is 19.0 Å². The van der Waals surface area contributed by atoms with Crippen LogP contribution in [-0.4, -0.2) is 30.6 Å². The van der Waals surface area contributed by atoms with Crippen LogP contribution in [0.2, 0.25) is 0 Å². The summed E-state index contributed by atoms with van der Waals surface area (Å²) in [6.45, 7) is 3.21. The fourth-order valence-electron chi connectivity index (χ4n) is 1.01. The maximum absolute atomic E-state index is 5.99. The van der Waals surface area contributed by atoms with Crippen molar-refractivity contribution in [2.75, 3.05) is 25.6 Å². The summed E-state index contributed by atoms with van der Waals surface area (Å²) in [6.07, 6.45) is 2.69. The predicted octanol–water partition coefficient (Wildman–Crippen LogP) is 2.12. The van der Waals surface area contributed by atoms with Crippen molar-refractivity contribution in [1.82, 2.24) is 10.3 Å². The summed E-state index contributed by atoms with van der Waals surface area (Å²) in [4.78, 5) is 0. The van der Waals surface area contributed by atoms with Crippen molar-refractivity contribution >= 4 is 22.5 Å². The quantitative estimate of drug-likeness (QED) is 0.760. The van der Waals surface area contributed by atoms with Gasteiger partial charge in [0.05, 0.1) is 11.6 Å². The van der Waals surface area contributed by atoms with E-state index in [1.807, 2.05) is 13.0 Å². The van der Waals surface area contributed by atoms with E-state index < -0.39 is 0 Å². The van der Waals surface area contributed by atoms with Crippen molar-refractivity contribution in [3.63, 3.8) is 0 Å². The first-order chi connectivity index (χ1) is 7.29. The molecular weight excluding hydrogens is 218 g/mol. The van der Waals surface area contributed by atoms with Crippen molar-refractivity contribution in [2.45, 2.75) is 13.3 Å². The van der Waals surface area contributed by atoms with Gasteiger partial charge in [-0.15, -0.1) is 0 Å². The molecule has 0 bridgehead atoms. The first-order valence-electron chi connectivity index (χ1n) is 4.71. The minimum Gasteiger partial charge on any atom is -0.383 e. The molecule has 1 aromatic heterocycles. The summed E-state index contributed by atoms with van der Waals surface area (Å²) in [5.74, 6) is 0.543. The Kier molecular flexibility index (Phi) is 5.14. The second-order valence-electron chi connectivity index (χ2n) is 2.84. The number of allylic oxidation sites excluding steroid dienone is 1. The average molecular weight is 232 g/mol. The van der Waals surface area contributed by atoms with Gasteiger partial charge in [-0.25, -0.2) is 4.63 Å². The fourth-order valence-corrected chi connectivity index (χ4v) is 1.29. The number of nitrogens with one attached hydrogen (secondary N) is 1. The first kappa shape index (κ1) is 12.0. The lowest BCUT2D eigenvalue weighted by Gasteiger charge is -2.01. The van der Waals surface area contributed by atoms with Crippen LogP contribution >= 0.6 is 11.6 Å². The van der Waals surface area contributed by atoms with Gasteiger partial charge in [0.1, 0.15) is 0 Å². The second kappa shape index (κ2) is 6.42. The van der Waals surface area contributed by atoms with Crippen molar-refractivity contribution in [3.05, 3.63) is 11.8 Å². The smallest absolute Gasteiger partial charge is 0.199 e. The minimum atomic E-state index is 0.537. The van der Waals surface area contributed by atoms with Crippen molar-refractivity contribution in [1.29, 1.82) is 0 Å². The largest absolute Gasteiger partial charge is 0.383 e. The van der Waals surface area contributed by atoms with Crippen LogP contribution in [0.3, 0.4) is 0 Å². The molecule has 1 rings (SSSR count). The molecule has 0 unspecified atom stereocenters. The number of methoxy groups -OCH3 is 1. The van der Waals surface area contributed by atoms with E-state index in [0.717, 1.165) is 6.42 Å². The van der Waals surface area contributed by atoms with Crippen LogP contribution < -0.4 is 5.32 Å². The van der Waals surface area contributed by atoms with Gasteiger partial charge in [0, 0.05) is 13.7 Å². The van der Waals surface area contributed by atoms with Gasteiger partial charge in [-0.2, -0.15) is 0 Å². The van der Waals surface area contributed by atoms with Crippen LogP contribution in [0.4, 0.5) is 5.82 Å². The molecule has 1 heterocycles. The maximum atomic E-state index is 5.99. The number of anilines is 1. The highest BCUT2D eigenvalue weighted by molar-refractivity contribution is 6.48. The average Bonchev–Trinajstić information content (AvgIpc) is 2.67. The van der Waals surface area contributed by atoms with Gasteiger partial charge in [0.25, 0.3) is 0 Å². The summed E-state index contributed by atoms with van der Waals surface area (Å²) in [7, 11) is 1.63. The molecule has 5 nitrogen and oxygen atoms in total. The Morgan fingerprint density at radius 2 is 2.40 bits per heavy atom. The monoisotopic (exact) mass is 231 g/mol. The highest BCUT2D eigenvalue weighted by Gasteiger charge is 2.11. The Labute approximate surface area is 93.4 Å². The lowest BCUT2D eigenvalue weighted by Crippen LogP contribution is -2.08. The van der Waals surface area contributed by atoms with E-state index in [0.29, 0.717) is 29.7 Å². The molecule has 1 aromatic rings. The van der Waals surface area contributed by atoms with E-state index in [-0.39, 0.29) is 0 Å². The SMILES string of the molecule is CC/C=C(\Cl)c1nonc1NCCOC. The Balaban J connectivity index is 2.64. The molecule has 0 spiro atoms. The van der Waals surface area contributed by atoms with E-state index in [2.05, 4.69) is 20.3 Å². The van der Waals surface area contributed by atoms with Gasteiger partial charge in [0.2, 0.25) is 0 Å². The minimum absolute atomic E-state index is 0.537. The normalized spacial score (nSPS) is 11.8. The van der Waals surface area contributed by atoms with Crippen LogP contribution in [0.5, 0.6) is 0 Å². The molecule has 84 valence electrons. The highest BCUT2D eigenvalue weighted by Crippen LogP contribution is 2.23. The van der Waals surface area contributed by atoms with Gasteiger partial charge in [-0.1, -0.05) is 24.6 Å². The first-order valence-corrected chi connectivity index (χ1v) is 5.08. The van der Waals surface area contributed by atoms with Gasteiger partial charge in [0.15, 0.2) is 11.5 Å². The third kappa shape index (κ3) is 3.53. The second-order valence-corrected chi connectivity index (χ2v) is 3.25. The van der Waals surface area contributed by atoms with Crippen molar-refractivity contribution < 1.29 is 9.37 Å². The number of nitrogens with zero attached hydrogens (tertiary/aromatic N) is 2. The lowest BCUT2D eigenvalue weighted by molar-refractivity contribution is 0.210. The van der Waals surface area contributed by atoms with E-state index >= 15 is 0 Å². The molecule has 0 fully saturated rings. The van der Waals surface area contributed by atoms with Gasteiger partial charge in [-0.05, 0) is 16.7 Å². The maximum Gasteiger partial charge on any atom is 0.199 e. The number of hydrogen-bond acceptors (Lipinski definition) is 5. The third-order valence-electron chi connectivity index (χ3n) is 1.70. The van der Waals surface area contributed by atoms with E-state index in [1.54, 1.807) is 7.11 Å².